The molecule has 6 nitrogen and oxygen atoms in total. The standard InChI is InChI=1S/C14H13FN4O2/c1-9(5-6-16)19(2)14(21)13(20)18-12-4-3-11(15)7-10(12)8-17/h3-4,7,9H,5H2,1-2H3,(H,18,20). The Morgan fingerprint density at radius 3 is 2.67 bits per heavy atom. The van der Waals surface area contributed by atoms with Crippen molar-refractivity contribution in [1.82, 2.24) is 4.90 Å². The third-order valence-corrected chi connectivity index (χ3v) is 2.91. The zero-order valence-corrected chi connectivity index (χ0v) is 11.6. The predicted octanol–water partition coefficient (Wildman–Crippen LogP) is 1.40. The monoisotopic (exact) mass is 288 g/mol. The number of likely N-dealkylation sites (N-methyl/N-ethyl adjacent to an activating group) is 1. The van der Waals surface area contributed by atoms with Crippen LogP contribution in [0.3, 0.4) is 0 Å². The summed E-state index contributed by atoms with van der Waals surface area (Å²) in [5.74, 6) is -2.41. The Labute approximate surface area is 121 Å². The van der Waals surface area contributed by atoms with Gasteiger partial charge in [-0.25, -0.2) is 4.39 Å². The molecule has 1 N–H and O–H groups in total. The largest absolute Gasteiger partial charge is 0.334 e. The number of nitrogens with one attached hydrogen (secondary N) is 1. The van der Waals surface area contributed by atoms with E-state index < -0.39 is 23.7 Å². The molecule has 0 fully saturated rings. The molecule has 21 heavy (non-hydrogen) atoms. The van der Waals surface area contributed by atoms with Crippen LogP contribution in [0.1, 0.15) is 18.9 Å². The van der Waals surface area contributed by atoms with Crippen molar-refractivity contribution in [2.75, 3.05) is 12.4 Å². The summed E-state index contributed by atoms with van der Waals surface area (Å²) < 4.78 is 13.0. The van der Waals surface area contributed by atoms with Gasteiger partial charge in [-0.1, -0.05) is 0 Å². The van der Waals surface area contributed by atoms with Crippen molar-refractivity contribution in [3.63, 3.8) is 0 Å². The Kier molecular flexibility index (Phi) is 5.39. The lowest BCUT2D eigenvalue weighted by molar-refractivity contribution is -0.143. The molecule has 0 radical (unpaired) electrons. The maximum Gasteiger partial charge on any atom is 0.313 e. The summed E-state index contributed by atoms with van der Waals surface area (Å²) in [5, 5.41) is 19.7. The molecule has 0 aliphatic carbocycles. The van der Waals surface area contributed by atoms with Crippen LogP contribution < -0.4 is 5.32 Å². The maximum atomic E-state index is 13.0. The van der Waals surface area contributed by atoms with Crippen LogP contribution in [-0.2, 0) is 9.59 Å². The molecule has 0 heterocycles. The molecular weight excluding hydrogens is 275 g/mol. The van der Waals surface area contributed by atoms with Crippen molar-refractivity contribution < 1.29 is 14.0 Å². The van der Waals surface area contributed by atoms with Gasteiger partial charge in [0.1, 0.15) is 11.9 Å². The molecule has 0 aromatic heterocycles. The molecule has 7 heteroatoms. The topological polar surface area (TPSA) is 97.0 Å². The van der Waals surface area contributed by atoms with Crippen molar-refractivity contribution in [2.24, 2.45) is 0 Å². The smallest absolute Gasteiger partial charge is 0.313 e. The van der Waals surface area contributed by atoms with Gasteiger partial charge in [0.15, 0.2) is 0 Å². The predicted molar refractivity (Wildman–Crippen MR) is 72.2 cm³/mol. The second-order valence-corrected chi connectivity index (χ2v) is 4.38. The summed E-state index contributed by atoms with van der Waals surface area (Å²) in [6.07, 6.45) is 0.0928. The van der Waals surface area contributed by atoms with Gasteiger partial charge in [0.25, 0.3) is 0 Å². The van der Waals surface area contributed by atoms with E-state index >= 15 is 0 Å². The van der Waals surface area contributed by atoms with Gasteiger partial charge in [-0.3, -0.25) is 9.59 Å². The highest BCUT2D eigenvalue weighted by atomic mass is 19.1. The van der Waals surface area contributed by atoms with Gasteiger partial charge in [0.05, 0.1) is 23.7 Å². The van der Waals surface area contributed by atoms with E-state index in [1.165, 1.54) is 13.1 Å². The van der Waals surface area contributed by atoms with E-state index in [1.807, 2.05) is 6.07 Å². The molecule has 0 aliphatic heterocycles. The Hall–Kier alpha value is -2.93. The highest BCUT2D eigenvalue weighted by Gasteiger charge is 2.23. The number of anilines is 1. The fourth-order valence-electron chi connectivity index (χ4n) is 1.52. The molecule has 0 saturated carbocycles. The highest BCUT2D eigenvalue weighted by molar-refractivity contribution is 6.39. The second-order valence-electron chi connectivity index (χ2n) is 4.38. The summed E-state index contributed by atoms with van der Waals surface area (Å²) in [6.45, 7) is 1.63. The van der Waals surface area contributed by atoms with Crippen molar-refractivity contribution >= 4 is 17.5 Å². The zero-order chi connectivity index (χ0) is 16.0. The molecule has 2 amide bonds. The van der Waals surface area contributed by atoms with Gasteiger partial charge in [-0.15, -0.1) is 0 Å². The molecule has 0 aliphatic rings. The molecule has 1 aromatic rings. The summed E-state index contributed by atoms with van der Waals surface area (Å²) in [5.41, 5.74) is -0.0255. The molecule has 1 atom stereocenters. The first kappa shape index (κ1) is 16.1. The molecule has 0 bridgehead atoms. The zero-order valence-electron chi connectivity index (χ0n) is 11.6. The summed E-state index contributed by atoms with van der Waals surface area (Å²) in [7, 11) is 1.40. The SMILES string of the molecule is CC(CC#N)N(C)C(=O)C(=O)Nc1ccc(F)cc1C#N. The Morgan fingerprint density at radius 2 is 2.10 bits per heavy atom. The number of halogens is 1. The average molecular weight is 288 g/mol. The fraction of sp³-hybridized carbons (Fsp3) is 0.286. The van der Waals surface area contributed by atoms with Crippen LogP contribution in [0.2, 0.25) is 0 Å². The first-order valence-corrected chi connectivity index (χ1v) is 6.05. The number of carbonyl (C=O) groups excluding carboxylic acids is 2. The first-order valence-electron chi connectivity index (χ1n) is 6.05. The van der Waals surface area contributed by atoms with E-state index in [1.54, 1.807) is 13.0 Å². The third-order valence-electron chi connectivity index (χ3n) is 2.91. The first-order chi connectivity index (χ1) is 9.90. The van der Waals surface area contributed by atoms with Crippen LogP contribution in [0.5, 0.6) is 0 Å². The number of nitrogens with zero attached hydrogens (tertiary/aromatic N) is 3. The number of carbonyl (C=O) groups is 2. The van der Waals surface area contributed by atoms with Crippen molar-refractivity contribution in [3.8, 4) is 12.1 Å². The minimum atomic E-state index is -0.953. The van der Waals surface area contributed by atoms with E-state index in [2.05, 4.69) is 5.32 Å². The van der Waals surface area contributed by atoms with Gasteiger partial charge in [-0.2, -0.15) is 10.5 Å². The van der Waals surface area contributed by atoms with Gasteiger partial charge in [-0.05, 0) is 25.1 Å². The second kappa shape index (κ2) is 7.01. The molecular formula is C14H13FN4O2. The van der Waals surface area contributed by atoms with E-state index in [9.17, 15) is 14.0 Å². The lowest BCUT2D eigenvalue weighted by Gasteiger charge is -2.22. The van der Waals surface area contributed by atoms with Crippen molar-refractivity contribution in [2.45, 2.75) is 19.4 Å². The van der Waals surface area contributed by atoms with Gasteiger partial charge >= 0.3 is 11.8 Å². The summed E-state index contributed by atoms with van der Waals surface area (Å²) in [6, 6.07) is 6.46. The third kappa shape index (κ3) is 4.02. The molecule has 0 spiro atoms. The molecule has 1 unspecified atom stereocenters. The Bertz CT molecular complexity index is 645. The molecule has 0 saturated heterocycles. The number of rotatable bonds is 3. The lowest BCUT2D eigenvalue weighted by atomic mass is 10.2. The van der Waals surface area contributed by atoms with Crippen LogP contribution in [0, 0.1) is 28.5 Å². The molecule has 108 valence electrons. The van der Waals surface area contributed by atoms with Gasteiger partial charge in [0.2, 0.25) is 0 Å². The van der Waals surface area contributed by atoms with E-state index in [-0.39, 0.29) is 17.7 Å². The van der Waals surface area contributed by atoms with Crippen LogP contribution in [0.4, 0.5) is 10.1 Å². The van der Waals surface area contributed by atoms with E-state index in [0.717, 1.165) is 17.0 Å². The minimum absolute atomic E-state index is 0.0542. The quantitative estimate of drug-likeness (QED) is 0.850. The van der Waals surface area contributed by atoms with Gasteiger partial charge < -0.3 is 10.2 Å². The number of hydrogen-bond donors (Lipinski definition) is 1. The summed E-state index contributed by atoms with van der Waals surface area (Å²) in [4.78, 5) is 24.8. The van der Waals surface area contributed by atoms with Crippen LogP contribution >= 0.6 is 0 Å². The van der Waals surface area contributed by atoms with Gasteiger partial charge in [0, 0.05) is 13.1 Å². The number of benzene rings is 1. The Morgan fingerprint density at radius 1 is 1.43 bits per heavy atom. The maximum absolute atomic E-state index is 13.0. The lowest BCUT2D eigenvalue weighted by Crippen LogP contribution is -2.42. The van der Waals surface area contributed by atoms with Crippen LogP contribution in [0.15, 0.2) is 18.2 Å². The number of amides is 2. The fourth-order valence-corrected chi connectivity index (χ4v) is 1.52. The Balaban J connectivity index is 2.85. The van der Waals surface area contributed by atoms with Crippen molar-refractivity contribution in [1.29, 1.82) is 10.5 Å². The number of hydrogen-bond acceptors (Lipinski definition) is 4. The molecule has 1 rings (SSSR count). The molecule has 1 aromatic carbocycles. The van der Waals surface area contributed by atoms with Crippen LogP contribution in [0.25, 0.3) is 0 Å². The normalized spacial score (nSPS) is 10.9. The summed E-state index contributed by atoms with van der Waals surface area (Å²) >= 11 is 0. The average Bonchev–Trinajstić information content (AvgIpc) is 2.47. The minimum Gasteiger partial charge on any atom is -0.334 e. The number of nitriles is 2. The van der Waals surface area contributed by atoms with E-state index in [0.29, 0.717) is 0 Å². The highest BCUT2D eigenvalue weighted by Crippen LogP contribution is 2.16. The van der Waals surface area contributed by atoms with E-state index in [4.69, 9.17) is 10.5 Å². The van der Waals surface area contributed by atoms with Crippen molar-refractivity contribution in [3.05, 3.63) is 29.6 Å². The van der Waals surface area contributed by atoms with Crippen LogP contribution in [-0.4, -0.2) is 29.8 Å².